The lowest BCUT2D eigenvalue weighted by atomic mass is 10.2. The molecule has 1 saturated heterocycles. The van der Waals surface area contributed by atoms with Gasteiger partial charge in [-0.05, 0) is 47.1 Å². The van der Waals surface area contributed by atoms with Gasteiger partial charge in [0.1, 0.15) is 5.75 Å². The minimum atomic E-state index is 0.324. The van der Waals surface area contributed by atoms with E-state index in [-0.39, 0.29) is 0 Å². The number of ether oxygens (including phenoxy) is 2. The highest BCUT2D eigenvalue weighted by atomic mass is 79.9. The van der Waals surface area contributed by atoms with E-state index in [0.29, 0.717) is 49.9 Å². The molecule has 0 amide bonds. The van der Waals surface area contributed by atoms with Gasteiger partial charge in [0.25, 0.3) is 0 Å². The van der Waals surface area contributed by atoms with Gasteiger partial charge in [-0.25, -0.2) is 5.43 Å². The minimum absolute atomic E-state index is 0.324. The van der Waals surface area contributed by atoms with E-state index in [4.69, 9.17) is 9.47 Å². The van der Waals surface area contributed by atoms with Gasteiger partial charge in [-0.3, -0.25) is 0 Å². The molecule has 9 nitrogen and oxygen atoms in total. The maximum atomic E-state index is 5.47. The van der Waals surface area contributed by atoms with Crippen LogP contribution in [0.5, 0.6) is 5.75 Å². The molecule has 11 heteroatoms. The zero-order valence-corrected chi connectivity index (χ0v) is 21.4. The Morgan fingerprint density at radius 2 is 1.79 bits per heavy atom. The molecule has 0 aliphatic carbocycles. The van der Waals surface area contributed by atoms with Crippen LogP contribution in [-0.4, -0.2) is 54.6 Å². The summed E-state index contributed by atoms with van der Waals surface area (Å²) in [6, 6.07) is 11.8. The Hall–Kier alpha value is -2.76. The van der Waals surface area contributed by atoms with Gasteiger partial charge >= 0.3 is 0 Å². The van der Waals surface area contributed by atoms with Crippen LogP contribution in [0.3, 0.4) is 0 Å². The lowest BCUT2D eigenvalue weighted by molar-refractivity contribution is 0.122. The van der Waals surface area contributed by atoms with E-state index in [0.717, 1.165) is 20.2 Å². The second-order valence-electron chi connectivity index (χ2n) is 7.25. The second-order valence-corrected chi connectivity index (χ2v) is 9.02. The molecule has 0 spiro atoms. The van der Waals surface area contributed by atoms with Crippen LogP contribution in [0.15, 0.2) is 50.4 Å². The predicted molar refractivity (Wildman–Crippen MR) is 137 cm³/mol. The number of nitrogens with one attached hydrogen (secondary N) is 2. The molecule has 2 heterocycles. The highest BCUT2D eigenvalue weighted by Gasteiger charge is 2.17. The lowest BCUT2D eigenvalue weighted by Gasteiger charge is -2.27. The number of halogens is 2. The molecule has 1 aliphatic heterocycles. The number of morpholine rings is 1. The van der Waals surface area contributed by atoms with Gasteiger partial charge in [0.15, 0.2) is 0 Å². The first-order chi connectivity index (χ1) is 16.0. The predicted octanol–water partition coefficient (Wildman–Crippen LogP) is 4.74. The molecule has 3 aromatic rings. The number of hydrogen-bond donors (Lipinski definition) is 2. The summed E-state index contributed by atoms with van der Waals surface area (Å²) >= 11 is 6.99. The molecule has 1 fully saturated rings. The van der Waals surface area contributed by atoms with E-state index < -0.39 is 0 Å². The number of benzene rings is 2. The van der Waals surface area contributed by atoms with E-state index in [2.05, 4.69) is 67.6 Å². The number of nitrogens with zero attached hydrogens (tertiary/aromatic N) is 5. The summed E-state index contributed by atoms with van der Waals surface area (Å²) < 4.78 is 12.6. The summed E-state index contributed by atoms with van der Waals surface area (Å²) in [4.78, 5) is 15.7. The fourth-order valence-corrected chi connectivity index (χ4v) is 4.61. The van der Waals surface area contributed by atoms with Crippen LogP contribution in [0.1, 0.15) is 11.1 Å². The third kappa shape index (κ3) is 6.18. The van der Waals surface area contributed by atoms with Crippen molar-refractivity contribution in [2.45, 2.75) is 6.92 Å². The summed E-state index contributed by atoms with van der Waals surface area (Å²) in [5.41, 5.74) is 5.77. The van der Waals surface area contributed by atoms with E-state index in [1.807, 2.05) is 43.3 Å². The first-order valence-electron chi connectivity index (χ1n) is 10.3. The molecule has 0 radical (unpaired) electrons. The summed E-state index contributed by atoms with van der Waals surface area (Å²) in [6.45, 7) is 4.72. The normalized spacial score (nSPS) is 13.9. The zero-order valence-electron chi connectivity index (χ0n) is 18.2. The molecular weight excluding hydrogens is 554 g/mol. The van der Waals surface area contributed by atoms with Crippen LogP contribution < -0.4 is 20.4 Å². The standard InChI is InChI=1S/C22H23Br2N7O2/c1-14-3-5-17(6-4-14)26-20-27-21(29-22(28-20)31-7-9-33-10-8-31)30-25-13-15-11-16(23)12-18(24)19(15)32-2/h3-6,11-13H,7-10H2,1-2H3,(H2,26,27,28,29,30)/b25-13-. The highest BCUT2D eigenvalue weighted by molar-refractivity contribution is 9.11. The Balaban J connectivity index is 1.59. The maximum Gasteiger partial charge on any atom is 0.250 e. The summed E-state index contributed by atoms with van der Waals surface area (Å²) in [5, 5.41) is 7.58. The molecule has 0 unspecified atom stereocenters. The monoisotopic (exact) mass is 575 g/mol. The van der Waals surface area contributed by atoms with Crippen LogP contribution >= 0.6 is 31.9 Å². The molecule has 0 bridgehead atoms. The fourth-order valence-electron chi connectivity index (χ4n) is 3.19. The number of methoxy groups -OCH3 is 1. The first kappa shape index (κ1) is 23.4. The number of aryl methyl sites for hydroxylation is 1. The van der Waals surface area contributed by atoms with Crippen molar-refractivity contribution in [1.29, 1.82) is 0 Å². The summed E-state index contributed by atoms with van der Waals surface area (Å²) in [7, 11) is 1.61. The summed E-state index contributed by atoms with van der Waals surface area (Å²) in [6.07, 6.45) is 1.65. The number of hydrogen-bond acceptors (Lipinski definition) is 9. The van der Waals surface area contributed by atoms with Crippen LogP contribution in [0.4, 0.5) is 23.5 Å². The van der Waals surface area contributed by atoms with Crippen molar-refractivity contribution in [3.05, 3.63) is 56.5 Å². The van der Waals surface area contributed by atoms with Crippen LogP contribution in [0.2, 0.25) is 0 Å². The Morgan fingerprint density at radius 1 is 1.06 bits per heavy atom. The molecule has 1 aliphatic rings. The number of aromatic nitrogens is 3. The zero-order chi connectivity index (χ0) is 23.2. The average Bonchev–Trinajstić information content (AvgIpc) is 2.81. The molecule has 4 rings (SSSR count). The van der Waals surface area contributed by atoms with Crippen molar-refractivity contribution in [2.75, 3.05) is 49.1 Å². The van der Waals surface area contributed by atoms with E-state index >= 15 is 0 Å². The molecule has 0 saturated carbocycles. The smallest absolute Gasteiger partial charge is 0.250 e. The van der Waals surface area contributed by atoms with Crippen molar-refractivity contribution >= 4 is 61.6 Å². The van der Waals surface area contributed by atoms with E-state index in [1.54, 1.807) is 13.3 Å². The summed E-state index contributed by atoms with van der Waals surface area (Å²) in [5.74, 6) is 1.99. The molecule has 2 N–H and O–H groups in total. The Labute approximate surface area is 208 Å². The van der Waals surface area contributed by atoms with E-state index in [1.165, 1.54) is 5.56 Å². The number of hydrazone groups is 1. The topological polar surface area (TPSA) is 96.8 Å². The molecule has 1 aromatic heterocycles. The van der Waals surface area contributed by atoms with E-state index in [9.17, 15) is 0 Å². The van der Waals surface area contributed by atoms with Crippen molar-refractivity contribution < 1.29 is 9.47 Å². The van der Waals surface area contributed by atoms with Gasteiger partial charge in [0.05, 0.1) is 31.0 Å². The van der Waals surface area contributed by atoms with Crippen LogP contribution in [-0.2, 0) is 4.74 Å². The maximum absolute atomic E-state index is 5.47. The Morgan fingerprint density at radius 3 is 2.52 bits per heavy atom. The molecule has 33 heavy (non-hydrogen) atoms. The van der Waals surface area contributed by atoms with Crippen molar-refractivity contribution in [2.24, 2.45) is 5.10 Å². The second kappa shape index (κ2) is 10.9. The van der Waals surface area contributed by atoms with Gasteiger partial charge in [-0.1, -0.05) is 33.6 Å². The quantitative estimate of drug-likeness (QED) is 0.307. The minimum Gasteiger partial charge on any atom is -0.495 e. The van der Waals surface area contributed by atoms with Crippen molar-refractivity contribution in [3.63, 3.8) is 0 Å². The van der Waals surface area contributed by atoms with Gasteiger partial charge in [-0.2, -0.15) is 20.1 Å². The Bertz CT molecular complexity index is 1140. The third-order valence-electron chi connectivity index (χ3n) is 4.83. The van der Waals surface area contributed by atoms with Crippen molar-refractivity contribution in [1.82, 2.24) is 15.0 Å². The molecule has 0 atom stereocenters. The van der Waals surface area contributed by atoms with Gasteiger partial charge < -0.3 is 19.7 Å². The van der Waals surface area contributed by atoms with Crippen LogP contribution in [0, 0.1) is 6.92 Å². The van der Waals surface area contributed by atoms with Gasteiger partial charge in [0.2, 0.25) is 17.8 Å². The Kier molecular flexibility index (Phi) is 7.73. The molecule has 172 valence electrons. The lowest BCUT2D eigenvalue weighted by Crippen LogP contribution is -2.37. The largest absolute Gasteiger partial charge is 0.495 e. The highest BCUT2D eigenvalue weighted by Crippen LogP contribution is 2.31. The van der Waals surface area contributed by atoms with Gasteiger partial charge in [-0.15, -0.1) is 0 Å². The number of anilines is 4. The first-order valence-corrected chi connectivity index (χ1v) is 11.8. The van der Waals surface area contributed by atoms with Crippen molar-refractivity contribution in [3.8, 4) is 5.75 Å². The average molecular weight is 577 g/mol. The molecular formula is C22H23Br2N7O2. The van der Waals surface area contributed by atoms with Crippen LogP contribution in [0.25, 0.3) is 0 Å². The molecule has 2 aromatic carbocycles. The third-order valence-corrected chi connectivity index (χ3v) is 5.88. The number of rotatable bonds is 7. The fraction of sp³-hybridized carbons (Fsp3) is 0.273. The SMILES string of the molecule is COc1c(Br)cc(Br)cc1/C=N\Nc1nc(Nc2ccc(C)cc2)nc(N2CCOCC2)n1. The van der Waals surface area contributed by atoms with Gasteiger partial charge in [0, 0.05) is 28.8 Å².